The highest BCUT2D eigenvalue weighted by molar-refractivity contribution is 6.44. The van der Waals surface area contributed by atoms with Crippen LogP contribution in [0.2, 0.25) is 10.0 Å². The molecule has 6 nitrogen and oxygen atoms in total. The van der Waals surface area contributed by atoms with Crippen LogP contribution in [0.3, 0.4) is 0 Å². The summed E-state index contributed by atoms with van der Waals surface area (Å²) < 4.78 is 5.41. The van der Waals surface area contributed by atoms with Gasteiger partial charge in [0.1, 0.15) is 11.3 Å². The summed E-state index contributed by atoms with van der Waals surface area (Å²) in [5.41, 5.74) is 1.57. The van der Waals surface area contributed by atoms with Crippen LogP contribution in [0.25, 0.3) is 0 Å². The summed E-state index contributed by atoms with van der Waals surface area (Å²) in [5.74, 6) is -0.0174. The second-order valence-electron chi connectivity index (χ2n) is 7.11. The fourth-order valence-corrected chi connectivity index (χ4v) is 2.89. The molecule has 8 heteroatoms. The van der Waals surface area contributed by atoms with E-state index in [1.165, 1.54) is 14.2 Å². The second kappa shape index (κ2) is 8.71. The number of methoxy groups -OCH3 is 1. The predicted molar refractivity (Wildman–Crippen MR) is 114 cm³/mol. The van der Waals surface area contributed by atoms with Gasteiger partial charge in [-0.15, -0.1) is 0 Å². The van der Waals surface area contributed by atoms with Crippen molar-refractivity contribution in [2.45, 2.75) is 26.2 Å². The van der Waals surface area contributed by atoms with Gasteiger partial charge in [0.2, 0.25) is 0 Å². The molecule has 3 N–H and O–H groups in total. The van der Waals surface area contributed by atoms with Crippen molar-refractivity contribution in [3.05, 3.63) is 51.5 Å². The standard InChI is InChI=1S/C20H23Cl2N3O3/c1-20(2,3)11-9-14(16(18(26)23-4)15(10-11)28-5)25-19(27)24-13-8-6-7-12(21)17(13)22/h6-10H,1-5H3,(H,23,26)(H2,24,25,27). The molecule has 0 aliphatic heterocycles. The summed E-state index contributed by atoms with van der Waals surface area (Å²) in [7, 11) is 2.98. The van der Waals surface area contributed by atoms with Crippen molar-refractivity contribution in [1.29, 1.82) is 0 Å². The van der Waals surface area contributed by atoms with Gasteiger partial charge in [0.15, 0.2) is 0 Å². The number of carbonyl (C=O) groups is 2. The number of hydrogen-bond acceptors (Lipinski definition) is 3. The molecule has 0 aromatic heterocycles. The quantitative estimate of drug-likeness (QED) is 0.623. The van der Waals surface area contributed by atoms with Gasteiger partial charge >= 0.3 is 6.03 Å². The van der Waals surface area contributed by atoms with Gasteiger partial charge < -0.3 is 20.7 Å². The van der Waals surface area contributed by atoms with E-state index in [1.807, 2.05) is 20.8 Å². The van der Waals surface area contributed by atoms with E-state index in [4.69, 9.17) is 27.9 Å². The maximum Gasteiger partial charge on any atom is 0.323 e. The predicted octanol–water partition coefficient (Wildman–Crippen LogP) is 5.30. The van der Waals surface area contributed by atoms with Crippen molar-refractivity contribution >= 4 is 46.5 Å². The fourth-order valence-electron chi connectivity index (χ4n) is 2.54. The Morgan fingerprint density at radius 1 is 1.04 bits per heavy atom. The molecule has 0 unspecified atom stereocenters. The van der Waals surface area contributed by atoms with Crippen molar-refractivity contribution in [3.8, 4) is 5.75 Å². The van der Waals surface area contributed by atoms with Crippen LogP contribution in [0.5, 0.6) is 5.75 Å². The van der Waals surface area contributed by atoms with Gasteiger partial charge in [-0.25, -0.2) is 4.79 Å². The number of rotatable bonds is 4. The molecular weight excluding hydrogens is 401 g/mol. The van der Waals surface area contributed by atoms with Crippen molar-refractivity contribution in [3.63, 3.8) is 0 Å². The number of carbonyl (C=O) groups excluding carboxylic acids is 2. The van der Waals surface area contributed by atoms with E-state index in [0.717, 1.165) is 5.56 Å². The Hall–Kier alpha value is -2.44. The van der Waals surface area contributed by atoms with Gasteiger partial charge in [-0.1, -0.05) is 50.0 Å². The Labute approximate surface area is 174 Å². The molecule has 0 aliphatic rings. The number of urea groups is 1. The Morgan fingerprint density at radius 2 is 1.68 bits per heavy atom. The topological polar surface area (TPSA) is 79.5 Å². The molecule has 0 atom stereocenters. The number of anilines is 2. The molecule has 0 bridgehead atoms. The zero-order valence-electron chi connectivity index (χ0n) is 16.4. The third-order valence-corrected chi connectivity index (χ3v) is 4.91. The van der Waals surface area contributed by atoms with Crippen LogP contribution in [0, 0.1) is 0 Å². The average Bonchev–Trinajstić information content (AvgIpc) is 2.63. The van der Waals surface area contributed by atoms with Gasteiger partial charge in [-0.3, -0.25) is 4.79 Å². The SMILES string of the molecule is CNC(=O)c1c(NC(=O)Nc2cccc(Cl)c2Cl)cc(C(C)(C)C)cc1OC. The summed E-state index contributed by atoms with van der Waals surface area (Å²) in [6.45, 7) is 6.07. The molecule has 150 valence electrons. The zero-order valence-corrected chi connectivity index (χ0v) is 17.9. The number of benzene rings is 2. The summed E-state index contributed by atoms with van der Waals surface area (Å²) in [4.78, 5) is 25.0. The van der Waals surface area contributed by atoms with E-state index in [0.29, 0.717) is 22.1 Å². The third kappa shape index (κ3) is 4.88. The Balaban J connectivity index is 2.45. The monoisotopic (exact) mass is 423 g/mol. The van der Waals surface area contributed by atoms with Crippen LogP contribution < -0.4 is 20.7 Å². The Bertz CT molecular complexity index is 908. The van der Waals surface area contributed by atoms with E-state index < -0.39 is 6.03 Å². The first-order valence-electron chi connectivity index (χ1n) is 8.55. The third-order valence-electron chi connectivity index (χ3n) is 4.09. The molecule has 0 radical (unpaired) electrons. The van der Waals surface area contributed by atoms with Gasteiger partial charge in [0.05, 0.1) is 28.5 Å². The average molecular weight is 424 g/mol. The Kier molecular flexibility index (Phi) is 6.80. The molecular formula is C20H23Cl2N3O3. The number of amides is 3. The number of nitrogens with one attached hydrogen (secondary N) is 3. The molecule has 0 aliphatic carbocycles. The molecule has 0 saturated carbocycles. The Morgan fingerprint density at radius 3 is 2.25 bits per heavy atom. The van der Waals surface area contributed by atoms with Crippen molar-refractivity contribution in [2.24, 2.45) is 0 Å². The van der Waals surface area contributed by atoms with Crippen LogP contribution in [-0.2, 0) is 5.41 Å². The lowest BCUT2D eigenvalue weighted by Gasteiger charge is -2.23. The van der Waals surface area contributed by atoms with Crippen LogP contribution in [0.4, 0.5) is 16.2 Å². The van der Waals surface area contributed by atoms with Crippen molar-refractivity contribution < 1.29 is 14.3 Å². The number of halogens is 2. The molecule has 28 heavy (non-hydrogen) atoms. The fraction of sp³-hybridized carbons (Fsp3) is 0.300. The van der Waals surface area contributed by atoms with Crippen LogP contribution in [-0.4, -0.2) is 26.1 Å². The highest BCUT2D eigenvalue weighted by Gasteiger charge is 2.24. The normalized spacial score (nSPS) is 11.0. The first-order valence-corrected chi connectivity index (χ1v) is 9.30. The number of hydrogen-bond donors (Lipinski definition) is 3. The summed E-state index contributed by atoms with van der Waals surface area (Å²) in [5, 5.41) is 8.47. The molecule has 0 heterocycles. The van der Waals surface area contributed by atoms with Gasteiger partial charge in [-0.05, 0) is 35.2 Å². The molecule has 0 spiro atoms. The highest BCUT2D eigenvalue weighted by Crippen LogP contribution is 2.35. The summed E-state index contributed by atoms with van der Waals surface area (Å²) in [6, 6.07) is 7.90. The minimum atomic E-state index is -0.567. The van der Waals surface area contributed by atoms with Crippen LogP contribution >= 0.6 is 23.2 Å². The lowest BCUT2D eigenvalue weighted by atomic mass is 9.85. The minimum absolute atomic E-state index is 0.225. The smallest absolute Gasteiger partial charge is 0.323 e. The first kappa shape index (κ1) is 21.9. The molecule has 2 aromatic rings. The lowest BCUT2D eigenvalue weighted by molar-refractivity contribution is 0.0961. The molecule has 0 fully saturated rings. The maximum absolute atomic E-state index is 12.6. The van der Waals surface area contributed by atoms with E-state index in [2.05, 4.69) is 16.0 Å². The summed E-state index contributed by atoms with van der Waals surface area (Å²) in [6.07, 6.45) is 0. The minimum Gasteiger partial charge on any atom is -0.496 e. The molecule has 2 rings (SSSR count). The first-order chi connectivity index (χ1) is 13.1. The summed E-state index contributed by atoms with van der Waals surface area (Å²) >= 11 is 12.1. The van der Waals surface area contributed by atoms with E-state index in [1.54, 1.807) is 30.3 Å². The lowest BCUT2D eigenvalue weighted by Crippen LogP contribution is -2.26. The van der Waals surface area contributed by atoms with Gasteiger partial charge in [-0.2, -0.15) is 0 Å². The van der Waals surface area contributed by atoms with Crippen LogP contribution in [0.1, 0.15) is 36.7 Å². The zero-order chi connectivity index (χ0) is 21.1. The number of ether oxygens (including phenoxy) is 1. The van der Waals surface area contributed by atoms with Crippen molar-refractivity contribution in [1.82, 2.24) is 5.32 Å². The van der Waals surface area contributed by atoms with Gasteiger partial charge in [0.25, 0.3) is 5.91 Å². The second-order valence-corrected chi connectivity index (χ2v) is 7.90. The molecule has 2 aromatic carbocycles. The maximum atomic E-state index is 12.6. The van der Waals surface area contributed by atoms with Crippen molar-refractivity contribution in [2.75, 3.05) is 24.8 Å². The van der Waals surface area contributed by atoms with Crippen LogP contribution in [0.15, 0.2) is 30.3 Å². The van der Waals surface area contributed by atoms with E-state index in [9.17, 15) is 9.59 Å². The largest absolute Gasteiger partial charge is 0.496 e. The van der Waals surface area contributed by atoms with E-state index in [-0.39, 0.29) is 21.9 Å². The van der Waals surface area contributed by atoms with E-state index >= 15 is 0 Å². The highest BCUT2D eigenvalue weighted by atomic mass is 35.5. The molecule has 0 saturated heterocycles. The van der Waals surface area contributed by atoms with Gasteiger partial charge in [0, 0.05) is 7.05 Å². The molecule has 3 amide bonds.